The van der Waals surface area contributed by atoms with E-state index in [-0.39, 0.29) is 43.3 Å². The summed E-state index contributed by atoms with van der Waals surface area (Å²) in [6.07, 6.45) is 2.72. The van der Waals surface area contributed by atoms with Crippen LogP contribution in [0.4, 0.5) is 0 Å². The maximum Gasteiger partial charge on any atom is 0.310 e. The Morgan fingerprint density at radius 1 is 0.850 bits per heavy atom. The summed E-state index contributed by atoms with van der Waals surface area (Å²) >= 11 is 0. The monoisotopic (exact) mass is 563 g/mol. The number of esters is 1. The summed E-state index contributed by atoms with van der Waals surface area (Å²) in [5, 5.41) is 2.83. The summed E-state index contributed by atoms with van der Waals surface area (Å²) < 4.78 is 22.6. The number of benzene rings is 3. The van der Waals surface area contributed by atoms with Gasteiger partial charge in [-0.25, -0.2) is 0 Å². The second kappa shape index (κ2) is 16.4. The largest absolute Gasteiger partial charge is 0.497 e. The maximum atomic E-state index is 13.5. The van der Waals surface area contributed by atoms with Crippen LogP contribution in [0.15, 0.2) is 84.9 Å². The first-order valence-corrected chi connectivity index (χ1v) is 15.1. The van der Waals surface area contributed by atoms with Crippen LogP contribution < -0.4 is 10.1 Å². The molecule has 8 heteroatoms. The topological polar surface area (TPSA) is 98.8 Å². The quantitative estimate of drug-likeness (QED) is 0.259. The molecule has 0 heterocycles. The molecule has 3 unspecified atom stereocenters. The Hall–Kier alpha value is -3.78. The molecule has 1 N–H and O–H groups in total. The molecule has 3 aromatic rings. The Balaban J connectivity index is 1.67. The van der Waals surface area contributed by atoms with Crippen LogP contribution in [0.25, 0.3) is 0 Å². The van der Waals surface area contributed by atoms with E-state index in [1.807, 2.05) is 84.9 Å². The molecule has 0 aromatic heterocycles. The second-order valence-electron chi connectivity index (χ2n) is 9.68. The van der Waals surface area contributed by atoms with Crippen molar-refractivity contribution in [3.05, 3.63) is 102 Å². The molecule has 40 heavy (non-hydrogen) atoms. The standard InChI is InChI=1S/C32H37NO6S/c1-38-28-16-13-24(14-17-28)15-18-31(35)33-29(19-20-40(2)37)30(34)22-27(21-25-9-5-3-6-10-25)32(36)39-23-26-11-7-4-8-12-26/h3-14,16-17,27,29H,15,18-23H2,1-2H3,(H,33,35). The van der Waals surface area contributed by atoms with Gasteiger partial charge in [0.15, 0.2) is 5.78 Å². The third-order valence-electron chi connectivity index (χ3n) is 6.55. The molecule has 3 atom stereocenters. The molecular formula is C32H37NO6S. The molecule has 0 radical (unpaired) electrons. The van der Waals surface area contributed by atoms with Crippen LogP contribution >= 0.6 is 0 Å². The molecule has 0 saturated heterocycles. The Morgan fingerprint density at radius 2 is 1.48 bits per heavy atom. The maximum absolute atomic E-state index is 13.5. The summed E-state index contributed by atoms with van der Waals surface area (Å²) in [7, 11) is 0.455. The highest BCUT2D eigenvalue weighted by Gasteiger charge is 2.29. The lowest BCUT2D eigenvalue weighted by Gasteiger charge is -2.21. The number of aryl methyl sites for hydroxylation is 1. The summed E-state index contributed by atoms with van der Waals surface area (Å²) in [5.74, 6) is -0.743. The van der Waals surface area contributed by atoms with E-state index in [4.69, 9.17) is 9.47 Å². The van der Waals surface area contributed by atoms with E-state index in [9.17, 15) is 18.6 Å². The van der Waals surface area contributed by atoms with Gasteiger partial charge in [-0.15, -0.1) is 0 Å². The molecule has 0 spiro atoms. The van der Waals surface area contributed by atoms with Gasteiger partial charge < -0.3 is 14.8 Å². The summed E-state index contributed by atoms with van der Waals surface area (Å²) in [6, 6.07) is 25.4. The van der Waals surface area contributed by atoms with Crippen molar-refractivity contribution in [3.63, 3.8) is 0 Å². The van der Waals surface area contributed by atoms with Crippen molar-refractivity contribution in [1.29, 1.82) is 0 Å². The van der Waals surface area contributed by atoms with Crippen LogP contribution in [0.1, 0.15) is 36.0 Å². The van der Waals surface area contributed by atoms with Crippen molar-refractivity contribution < 1.29 is 28.1 Å². The normalized spacial score (nSPS) is 13.1. The van der Waals surface area contributed by atoms with Crippen molar-refractivity contribution >= 4 is 28.5 Å². The van der Waals surface area contributed by atoms with Crippen LogP contribution in [0.3, 0.4) is 0 Å². The van der Waals surface area contributed by atoms with Gasteiger partial charge >= 0.3 is 5.97 Å². The predicted octanol–water partition coefficient (Wildman–Crippen LogP) is 4.44. The average Bonchev–Trinajstić information content (AvgIpc) is 2.97. The number of rotatable bonds is 16. The summed E-state index contributed by atoms with van der Waals surface area (Å²) in [6.45, 7) is 0.111. The van der Waals surface area contributed by atoms with E-state index >= 15 is 0 Å². The number of Topliss-reactive ketones (excluding diaryl/α,β-unsaturated/α-hetero) is 1. The minimum atomic E-state index is -1.14. The fourth-order valence-electron chi connectivity index (χ4n) is 4.28. The average molecular weight is 564 g/mol. The lowest BCUT2D eigenvalue weighted by molar-refractivity contribution is -0.151. The number of hydrogen-bond donors (Lipinski definition) is 1. The molecule has 0 fully saturated rings. The van der Waals surface area contributed by atoms with Gasteiger partial charge in [-0.05, 0) is 48.1 Å². The van der Waals surface area contributed by atoms with Crippen LogP contribution in [-0.2, 0) is 49.4 Å². The smallest absolute Gasteiger partial charge is 0.310 e. The lowest BCUT2D eigenvalue weighted by atomic mass is 9.91. The Morgan fingerprint density at radius 3 is 2.08 bits per heavy atom. The van der Waals surface area contributed by atoms with Crippen LogP contribution in [-0.4, -0.2) is 47.0 Å². The molecule has 0 aliphatic carbocycles. The molecule has 7 nitrogen and oxygen atoms in total. The van der Waals surface area contributed by atoms with E-state index in [0.717, 1.165) is 22.4 Å². The molecule has 3 rings (SSSR count). The number of amides is 1. The van der Waals surface area contributed by atoms with Gasteiger partial charge in [-0.3, -0.25) is 18.6 Å². The van der Waals surface area contributed by atoms with E-state index in [2.05, 4.69) is 5.32 Å². The van der Waals surface area contributed by atoms with Gasteiger partial charge in [-0.1, -0.05) is 72.8 Å². The minimum Gasteiger partial charge on any atom is -0.497 e. The van der Waals surface area contributed by atoms with Gasteiger partial charge in [-0.2, -0.15) is 0 Å². The van der Waals surface area contributed by atoms with Crippen LogP contribution in [0, 0.1) is 5.92 Å². The van der Waals surface area contributed by atoms with Crippen molar-refractivity contribution in [2.24, 2.45) is 5.92 Å². The number of carbonyl (C=O) groups is 3. The molecule has 0 bridgehead atoms. The first kappa shape index (κ1) is 30.8. The highest BCUT2D eigenvalue weighted by Crippen LogP contribution is 2.18. The number of ether oxygens (including phenoxy) is 2. The van der Waals surface area contributed by atoms with Crippen molar-refractivity contribution in [2.75, 3.05) is 19.1 Å². The second-order valence-corrected chi connectivity index (χ2v) is 11.2. The predicted molar refractivity (Wildman–Crippen MR) is 156 cm³/mol. The number of methoxy groups -OCH3 is 1. The summed E-state index contributed by atoms with van der Waals surface area (Å²) in [4.78, 5) is 39.4. The van der Waals surface area contributed by atoms with E-state index < -0.39 is 28.7 Å². The zero-order valence-corrected chi connectivity index (χ0v) is 23.9. The number of nitrogens with one attached hydrogen (secondary N) is 1. The fourth-order valence-corrected chi connectivity index (χ4v) is 4.85. The van der Waals surface area contributed by atoms with E-state index in [1.54, 1.807) is 13.4 Å². The van der Waals surface area contributed by atoms with Crippen molar-refractivity contribution in [1.82, 2.24) is 5.32 Å². The van der Waals surface area contributed by atoms with Gasteiger partial charge in [0.25, 0.3) is 0 Å². The molecule has 212 valence electrons. The fraction of sp³-hybridized carbons (Fsp3) is 0.344. The third kappa shape index (κ3) is 10.8. The van der Waals surface area contributed by atoms with Gasteiger partial charge in [0.2, 0.25) is 5.91 Å². The van der Waals surface area contributed by atoms with Crippen molar-refractivity contribution in [3.8, 4) is 5.75 Å². The van der Waals surface area contributed by atoms with Crippen LogP contribution in [0.2, 0.25) is 0 Å². The summed E-state index contributed by atoms with van der Waals surface area (Å²) in [5.41, 5.74) is 2.73. The third-order valence-corrected chi connectivity index (χ3v) is 7.36. The van der Waals surface area contributed by atoms with Gasteiger partial charge in [0.1, 0.15) is 12.4 Å². The first-order chi connectivity index (χ1) is 19.3. The van der Waals surface area contributed by atoms with Crippen LogP contribution in [0.5, 0.6) is 5.75 Å². The lowest BCUT2D eigenvalue weighted by Crippen LogP contribution is -2.43. The minimum absolute atomic E-state index is 0.0949. The number of carbonyl (C=O) groups excluding carboxylic acids is 3. The number of hydrogen-bond acceptors (Lipinski definition) is 6. The Labute approximate surface area is 238 Å². The van der Waals surface area contributed by atoms with E-state index in [0.29, 0.717) is 12.8 Å². The molecule has 3 aromatic carbocycles. The van der Waals surface area contributed by atoms with Gasteiger partial charge in [0.05, 0.1) is 19.1 Å². The van der Waals surface area contributed by atoms with Gasteiger partial charge in [0, 0.05) is 35.6 Å². The highest BCUT2D eigenvalue weighted by atomic mass is 32.2. The molecule has 1 amide bonds. The molecule has 0 aliphatic rings. The van der Waals surface area contributed by atoms with E-state index in [1.165, 1.54) is 0 Å². The first-order valence-electron chi connectivity index (χ1n) is 13.3. The Kier molecular flexibility index (Phi) is 12.6. The highest BCUT2D eigenvalue weighted by molar-refractivity contribution is 7.84. The Bertz CT molecular complexity index is 1250. The SMILES string of the molecule is COc1ccc(CCC(=O)NC(CCS(C)=O)C(=O)CC(Cc2ccccc2)C(=O)OCc2ccccc2)cc1. The zero-order chi connectivity index (χ0) is 28.7. The molecule has 0 aliphatic heterocycles. The molecular weight excluding hydrogens is 526 g/mol. The number of ketones is 1. The molecule has 0 saturated carbocycles. The van der Waals surface area contributed by atoms with Crippen molar-refractivity contribution in [2.45, 2.75) is 44.8 Å². The zero-order valence-electron chi connectivity index (χ0n) is 23.0.